The summed E-state index contributed by atoms with van der Waals surface area (Å²) in [6, 6.07) is 7.14. The van der Waals surface area contributed by atoms with E-state index in [4.69, 9.17) is 13.9 Å². The lowest BCUT2D eigenvalue weighted by molar-refractivity contribution is -0.277. The molecule has 1 saturated heterocycles. The van der Waals surface area contributed by atoms with Gasteiger partial charge in [-0.1, -0.05) is 0 Å². The molecule has 1 aliphatic heterocycles. The van der Waals surface area contributed by atoms with Crippen LogP contribution in [0.25, 0.3) is 22.3 Å². The fourth-order valence-corrected chi connectivity index (χ4v) is 3.44. The topological polar surface area (TPSA) is 190 Å². The van der Waals surface area contributed by atoms with Crippen molar-refractivity contribution < 1.29 is 49.6 Å². The lowest BCUT2D eigenvalue weighted by Gasteiger charge is -2.39. The fraction of sp³-hybridized carbons (Fsp3) is 0.286. The Morgan fingerprint density at radius 1 is 0.906 bits per heavy atom. The fourth-order valence-electron chi connectivity index (χ4n) is 3.44. The zero-order valence-corrected chi connectivity index (χ0v) is 16.3. The SMILES string of the molecule is O=c1cc(-c2ccc(O)c(O)c2)oc2cc(O)cc(OC3O[C@H](CO)[C@@H](O)[C@H](O)[C@H]3O)c12. The minimum absolute atomic E-state index is 0.0298. The molecule has 3 aromatic rings. The summed E-state index contributed by atoms with van der Waals surface area (Å²) in [7, 11) is 0. The molecular formula is C21H20O11. The van der Waals surface area contributed by atoms with Gasteiger partial charge in [0.1, 0.15) is 52.6 Å². The second-order valence-corrected chi connectivity index (χ2v) is 7.31. The molecule has 1 fully saturated rings. The average Bonchev–Trinajstić information content (AvgIpc) is 2.75. The van der Waals surface area contributed by atoms with Crippen molar-refractivity contribution in [3.05, 3.63) is 46.6 Å². The van der Waals surface area contributed by atoms with Crippen molar-refractivity contribution in [2.45, 2.75) is 30.7 Å². The van der Waals surface area contributed by atoms with Gasteiger partial charge >= 0.3 is 0 Å². The molecule has 1 aliphatic rings. The Morgan fingerprint density at radius 2 is 1.66 bits per heavy atom. The van der Waals surface area contributed by atoms with Crippen LogP contribution in [0.4, 0.5) is 0 Å². The van der Waals surface area contributed by atoms with Crippen molar-refractivity contribution in [3.8, 4) is 34.3 Å². The van der Waals surface area contributed by atoms with Crippen LogP contribution in [0.3, 0.4) is 0 Å². The summed E-state index contributed by atoms with van der Waals surface area (Å²) in [6.07, 6.45) is -7.82. The van der Waals surface area contributed by atoms with Crippen molar-refractivity contribution in [1.29, 1.82) is 0 Å². The van der Waals surface area contributed by atoms with Crippen LogP contribution in [0.2, 0.25) is 0 Å². The number of aromatic hydroxyl groups is 3. The number of hydrogen-bond acceptors (Lipinski definition) is 11. The molecule has 1 unspecified atom stereocenters. The van der Waals surface area contributed by atoms with Crippen LogP contribution >= 0.6 is 0 Å². The van der Waals surface area contributed by atoms with Crippen molar-refractivity contribution in [2.75, 3.05) is 6.61 Å². The van der Waals surface area contributed by atoms with E-state index in [0.717, 1.165) is 18.2 Å². The molecule has 5 atom stereocenters. The molecule has 170 valence electrons. The summed E-state index contributed by atoms with van der Waals surface area (Å²) in [4.78, 5) is 12.9. The number of aliphatic hydroxyl groups excluding tert-OH is 4. The Kier molecular flexibility index (Phi) is 5.67. The van der Waals surface area contributed by atoms with E-state index in [1.807, 2.05) is 0 Å². The van der Waals surface area contributed by atoms with Gasteiger partial charge in [0.2, 0.25) is 6.29 Å². The summed E-state index contributed by atoms with van der Waals surface area (Å²) in [5, 5.41) is 68.4. The summed E-state index contributed by atoms with van der Waals surface area (Å²) in [5.74, 6) is -1.34. The third-order valence-corrected chi connectivity index (χ3v) is 5.13. The zero-order chi connectivity index (χ0) is 23.2. The number of phenols is 3. The Balaban J connectivity index is 1.76. The lowest BCUT2D eigenvalue weighted by atomic mass is 9.99. The number of benzene rings is 2. The molecule has 0 aliphatic carbocycles. The van der Waals surface area contributed by atoms with Crippen LogP contribution < -0.4 is 10.2 Å². The Labute approximate surface area is 179 Å². The van der Waals surface area contributed by atoms with Crippen molar-refractivity contribution in [3.63, 3.8) is 0 Å². The molecule has 0 amide bonds. The molecule has 0 radical (unpaired) electrons. The predicted octanol–water partition coefficient (Wildman–Crippen LogP) is -0.245. The average molecular weight is 448 g/mol. The van der Waals surface area contributed by atoms with Gasteiger partial charge in [-0.05, 0) is 18.2 Å². The first kappa shape index (κ1) is 21.9. The highest BCUT2D eigenvalue weighted by molar-refractivity contribution is 5.86. The summed E-state index contributed by atoms with van der Waals surface area (Å²) in [6.45, 7) is -0.670. The van der Waals surface area contributed by atoms with Crippen molar-refractivity contribution >= 4 is 11.0 Å². The van der Waals surface area contributed by atoms with Gasteiger partial charge in [0.15, 0.2) is 16.9 Å². The highest BCUT2D eigenvalue weighted by Gasteiger charge is 2.45. The van der Waals surface area contributed by atoms with E-state index < -0.39 is 48.5 Å². The number of ether oxygens (including phenoxy) is 2. The monoisotopic (exact) mass is 448 g/mol. The number of rotatable bonds is 4. The first-order valence-corrected chi connectivity index (χ1v) is 9.50. The second kappa shape index (κ2) is 8.30. The van der Waals surface area contributed by atoms with Gasteiger partial charge in [0.25, 0.3) is 0 Å². The number of aliphatic hydroxyl groups is 4. The van der Waals surface area contributed by atoms with E-state index in [1.165, 1.54) is 18.2 Å². The molecule has 0 bridgehead atoms. The van der Waals surface area contributed by atoms with E-state index in [0.29, 0.717) is 0 Å². The van der Waals surface area contributed by atoms with E-state index in [9.17, 15) is 40.5 Å². The minimum atomic E-state index is -1.73. The quantitative estimate of drug-likeness (QED) is 0.261. The molecule has 11 heteroatoms. The predicted molar refractivity (Wildman–Crippen MR) is 107 cm³/mol. The third-order valence-electron chi connectivity index (χ3n) is 5.13. The first-order chi connectivity index (χ1) is 15.2. The van der Waals surface area contributed by atoms with Gasteiger partial charge in [-0.15, -0.1) is 0 Å². The Morgan fingerprint density at radius 3 is 2.34 bits per heavy atom. The van der Waals surface area contributed by atoms with Gasteiger partial charge in [0.05, 0.1) is 6.61 Å². The maximum Gasteiger partial charge on any atom is 0.229 e. The standard InChI is InChI=1S/C21H20O11/c22-7-16-18(27)19(28)20(29)21(32-16)31-15-5-9(23)4-14-17(15)12(26)6-13(30-14)8-1-2-10(24)11(25)3-8/h1-6,16,18-25,27-29H,7H2/t16-,18-,19+,20-,21?/m1/s1. The summed E-state index contributed by atoms with van der Waals surface area (Å²) < 4.78 is 16.5. The van der Waals surface area contributed by atoms with E-state index in [1.54, 1.807) is 0 Å². The Hall–Kier alpha value is -3.35. The van der Waals surface area contributed by atoms with Crippen LogP contribution in [0.1, 0.15) is 0 Å². The first-order valence-electron chi connectivity index (χ1n) is 9.50. The minimum Gasteiger partial charge on any atom is -0.508 e. The molecule has 0 saturated carbocycles. The molecule has 32 heavy (non-hydrogen) atoms. The van der Waals surface area contributed by atoms with Gasteiger partial charge in [-0.3, -0.25) is 4.79 Å². The maximum absolute atomic E-state index is 12.9. The summed E-state index contributed by atoms with van der Waals surface area (Å²) >= 11 is 0. The largest absolute Gasteiger partial charge is 0.508 e. The van der Waals surface area contributed by atoms with Crippen LogP contribution in [-0.4, -0.2) is 73.1 Å². The molecule has 11 nitrogen and oxygen atoms in total. The van der Waals surface area contributed by atoms with E-state index >= 15 is 0 Å². The zero-order valence-electron chi connectivity index (χ0n) is 16.3. The highest BCUT2D eigenvalue weighted by Crippen LogP contribution is 2.35. The van der Waals surface area contributed by atoms with Gasteiger partial charge in [0, 0.05) is 23.8 Å². The van der Waals surface area contributed by atoms with Crippen molar-refractivity contribution in [1.82, 2.24) is 0 Å². The van der Waals surface area contributed by atoms with Gasteiger partial charge in [-0.2, -0.15) is 0 Å². The normalized spacial score (nSPS) is 25.7. The highest BCUT2D eigenvalue weighted by atomic mass is 16.7. The van der Waals surface area contributed by atoms with E-state index in [2.05, 4.69) is 0 Å². The third kappa shape index (κ3) is 3.83. The molecular weight excluding hydrogens is 428 g/mol. The van der Waals surface area contributed by atoms with Crippen LogP contribution in [0.5, 0.6) is 23.0 Å². The molecule has 2 heterocycles. The number of hydrogen-bond donors (Lipinski definition) is 7. The maximum atomic E-state index is 12.9. The lowest BCUT2D eigenvalue weighted by Crippen LogP contribution is -2.60. The number of phenolic OH excluding ortho intramolecular Hbond substituents is 3. The number of fused-ring (bicyclic) bond motifs is 1. The summed E-state index contributed by atoms with van der Waals surface area (Å²) in [5.41, 5.74) is -0.424. The van der Waals surface area contributed by atoms with Crippen LogP contribution in [0, 0.1) is 0 Å². The molecule has 7 N–H and O–H groups in total. The van der Waals surface area contributed by atoms with Crippen LogP contribution in [-0.2, 0) is 4.74 Å². The van der Waals surface area contributed by atoms with E-state index in [-0.39, 0.29) is 39.5 Å². The molecule has 1 aromatic heterocycles. The van der Waals surface area contributed by atoms with Gasteiger partial charge in [-0.25, -0.2) is 0 Å². The van der Waals surface area contributed by atoms with Crippen molar-refractivity contribution in [2.24, 2.45) is 0 Å². The van der Waals surface area contributed by atoms with Crippen LogP contribution in [0.15, 0.2) is 45.6 Å². The smallest absolute Gasteiger partial charge is 0.229 e. The Bertz CT molecular complexity index is 1200. The molecule has 0 spiro atoms. The van der Waals surface area contributed by atoms with Gasteiger partial charge < -0.3 is 49.6 Å². The second-order valence-electron chi connectivity index (χ2n) is 7.31. The molecule has 2 aromatic carbocycles. The molecule has 4 rings (SSSR count).